The van der Waals surface area contributed by atoms with Gasteiger partial charge in [0.25, 0.3) is 0 Å². The molecule has 0 spiro atoms. The van der Waals surface area contributed by atoms with E-state index >= 15 is 0 Å². The standard InChI is InChI=1S/C19H27N3O2/c1-11(2)20-15-9-8-13-6-5-7-14-10-16(18(23)21-12(3)4)22(17(13)14)19(15)24/h5-7,11-12,15-16,20H,8-10H2,1-4H3,(H,21,23)/t15-,16-/m0/s1. The van der Waals surface area contributed by atoms with Crippen LogP contribution in [0.2, 0.25) is 0 Å². The Hall–Kier alpha value is -1.88. The lowest BCUT2D eigenvalue weighted by molar-refractivity contribution is -0.127. The number of carbonyl (C=O) groups is 2. The molecule has 2 aliphatic rings. The molecule has 2 amide bonds. The molecule has 1 aromatic rings. The third kappa shape index (κ3) is 3.05. The summed E-state index contributed by atoms with van der Waals surface area (Å²) in [5.74, 6) is -0.0398. The SMILES string of the molecule is CC(C)NC(=O)[C@@H]1Cc2cccc3c2N1C(=O)[C@@H](NC(C)C)CC3. The van der Waals surface area contributed by atoms with Crippen LogP contribution in [-0.2, 0) is 22.4 Å². The fourth-order valence-corrected chi connectivity index (χ4v) is 3.78. The van der Waals surface area contributed by atoms with Crippen molar-refractivity contribution >= 4 is 17.5 Å². The molecule has 1 aromatic carbocycles. The van der Waals surface area contributed by atoms with E-state index in [1.807, 2.05) is 39.8 Å². The maximum Gasteiger partial charge on any atom is 0.244 e. The highest BCUT2D eigenvalue weighted by molar-refractivity contribution is 6.06. The summed E-state index contributed by atoms with van der Waals surface area (Å²) < 4.78 is 0. The number of aryl methyl sites for hydroxylation is 1. The highest BCUT2D eigenvalue weighted by Crippen LogP contribution is 2.39. The Bertz CT molecular complexity index is 654. The normalized spacial score (nSPS) is 22.8. The van der Waals surface area contributed by atoms with Gasteiger partial charge in [0.1, 0.15) is 6.04 Å². The minimum atomic E-state index is -0.439. The number of anilines is 1. The van der Waals surface area contributed by atoms with E-state index in [9.17, 15) is 9.59 Å². The highest BCUT2D eigenvalue weighted by Gasteiger charge is 2.43. The highest BCUT2D eigenvalue weighted by atomic mass is 16.2. The Morgan fingerprint density at radius 3 is 2.54 bits per heavy atom. The smallest absolute Gasteiger partial charge is 0.244 e. The second-order valence-corrected chi connectivity index (χ2v) is 7.43. The van der Waals surface area contributed by atoms with Gasteiger partial charge in [0, 0.05) is 18.5 Å². The van der Waals surface area contributed by atoms with Crippen LogP contribution < -0.4 is 15.5 Å². The molecular weight excluding hydrogens is 302 g/mol. The summed E-state index contributed by atoms with van der Waals surface area (Å²) in [6, 6.07) is 5.77. The van der Waals surface area contributed by atoms with Gasteiger partial charge in [-0.3, -0.25) is 14.5 Å². The number of hydrogen-bond donors (Lipinski definition) is 2. The fraction of sp³-hybridized carbons (Fsp3) is 0.579. The summed E-state index contributed by atoms with van der Waals surface area (Å²) in [6.07, 6.45) is 2.22. The Kier molecular flexibility index (Phi) is 4.63. The van der Waals surface area contributed by atoms with Crippen molar-refractivity contribution in [2.75, 3.05) is 4.90 Å². The van der Waals surface area contributed by atoms with E-state index < -0.39 is 6.04 Å². The average molecular weight is 329 g/mol. The average Bonchev–Trinajstić information content (AvgIpc) is 2.83. The van der Waals surface area contributed by atoms with Crippen molar-refractivity contribution in [2.24, 2.45) is 0 Å². The fourth-order valence-electron chi connectivity index (χ4n) is 3.78. The number of benzene rings is 1. The minimum Gasteiger partial charge on any atom is -0.352 e. The predicted molar refractivity (Wildman–Crippen MR) is 95.1 cm³/mol. The van der Waals surface area contributed by atoms with Gasteiger partial charge in [-0.25, -0.2) is 0 Å². The van der Waals surface area contributed by atoms with Gasteiger partial charge in [0.15, 0.2) is 0 Å². The van der Waals surface area contributed by atoms with Crippen LogP contribution in [-0.4, -0.2) is 36.0 Å². The molecule has 130 valence electrons. The maximum absolute atomic E-state index is 13.2. The van der Waals surface area contributed by atoms with E-state index in [0.29, 0.717) is 6.42 Å². The molecule has 24 heavy (non-hydrogen) atoms. The van der Waals surface area contributed by atoms with Gasteiger partial charge in [0.05, 0.1) is 11.7 Å². The van der Waals surface area contributed by atoms with Crippen LogP contribution in [0, 0.1) is 0 Å². The van der Waals surface area contributed by atoms with Crippen molar-refractivity contribution in [2.45, 2.75) is 71.1 Å². The van der Waals surface area contributed by atoms with E-state index in [1.165, 1.54) is 5.56 Å². The first-order chi connectivity index (χ1) is 11.4. The molecule has 0 saturated carbocycles. The second-order valence-electron chi connectivity index (χ2n) is 7.43. The summed E-state index contributed by atoms with van der Waals surface area (Å²) in [5, 5.41) is 6.34. The molecule has 0 aromatic heterocycles. The van der Waals surface area contributed by atoms with Crippen molar-refractivity contribution in [1.29, 1.82) is 0 Å². The first-order valence-corrected chi connectivity index (χ1v) is 8.88. The topological polar surface area (TPSA) is 61.4 Å². The van der Waals surface area contributed by atoms with Gasteiger partial charge in [-0.2, -0.15) is 0 Å². The second kappa shape index (κ2) is 6.55. The number of para-hydroxylation sites is 1. The largest absolute Gasteiger partial charge is 0.352 e. The Labute approximate surface area is 143 Å². The van der Waals surface area contributed by atoms with Gasteiger partial charge in [-0.15, -0.1) is 0 Å². The van der Waals surface area contributed by atoms with Crippen molar-refractivity contribution in [3.05, 3.63) is 29.3 Å². The first-order valence-electron chi connectivity index (χ1n) is 8.88. The van der Waals surface area contributed by atoms with Gasteiger partial charge in [-0.05, 0) is 37.8 Å². The van der Waals surface area contributed by atoms with Gasteiger partial charge < -0.3 is 10.6 Å². The molecule has 5 heteroatoms. The van der Waals surface area contributed by atoms with E-state index in [1.54, 1.807) is 4.90 Å². The van der Waals surface area contributed by atoms with Crippen LogP contribution in [0.3, 0.4) is 0 Å². The first kappa shape index (κ1) is 17.0. The zero-order valence-electron chi connectivity index (χ0n) is 14.9. The lowest BCUT2D eigenvalue weighted by Gasteiger charge is -2.29. The molecule has 2 heterocycles. The van der Waals surface area contributed by atoms with Crippen LogP contribution in [0.1, 0.15) is 45.2 Å². The summed E-state index contributed by atoms with van der Waals surface area (Å²) in [7, 11) is 0. The summed E-state index contributed by atoms with van der Waals surface area (Å²) in [6.45, 7) is 7.98. The molecule has 3 rings (SSSR count). The molecular formula is C19H27N3O2. The predicted octanol–water partition coefficient (Wildman–Crippen LogP) is 1.78. The van der Waals surface area contributed by atoms with Gasteiger partial charge in [0.2, 0.25) is 11.8 Å². The third-order valence-electron chi connectivity index (χ3n) is 4.67. The summed E-state index contributed by atoms with van der Waals surface area (Å²) in [4.78, 5) is 27.6. The van der Waals surface area contributed by atoms with E-state index in [2.05, 4.69) is 16.7 Å². The van der Waals surface area contributed by atoms with Crippen molar-refractivity contribution < 1.29 is 9.59 Å². The van der Waals surface area contributed by atoms with Crippen LogP contribution >= 0.6 is 0 Å². The Balaban J connectivity index is 1.98. The lowest BCUT2D eigenvalue weighted by Crippen LogP contribution is -2.55. The number of amides is 2. The zero-order chi connectivity index (χ0) is 17.4. The molecule has 5 nitrogen and oxygen atoms in total. The van der Waals surface area contributed by atoms with Crippen LogP contribution in [0.5, 0.6) is 0 Å². The number of carbonyl (C=O) groups excluding carboxylic acids is 2. The molecule has 0 fully saturated rings. The molecule has 2 atom stereocenters. The Morgan fingerprint density at radius 2 is 1.88 bits per heavy atom. The molecule has 0 radical (unpaired) electrons. The zero-order valence-corrected chi connectivity index (χ0v) is 14.9. The van der Waals surface area contributed by atoms with Crippen molar-refractivity contribution in [3.63, 3.8) is 0 Å². The van der Waals surface area contributed by atoms with Gasteiger partial charge >= 0.3 is 0 Å². The lowest BCUT2D eigenvalue weighted by atomic mass is 10.0. The Morgan fingerprint density at radius 1 is 1.17 bits per heavy atom. The van der Waals surface area contributed by atoms with Crippen molar-refractivity contribution in [1.82, 2.24) is 10.6 Å². The monoisotopic (exact) mass is 329 g/mol. The maximum atomic E-state index is 13.2. The minimum absolute atomic E-state index is 0.0244. The van der Waals surface area contributed by atoms with Gasteiger partial charge in [-0.1, -0.05) is 32.0 Å². The molecule has 2 aliphatic heterocycles. The molecule has 2 N–H and O–H groups in total. The van der Waals surface area contributed by atoms with Crippen LogP contribution in [0.15, 0.2) is 18.2 Å². The number of nitrogens with one attached hydrogen (secondary N) is 2. The van der Waals surface area contributed by atoms with E-state index in [4.69, 9.17) is 0 Å². The molecule has 0 saturated heterocycles. The molecule has 0 aliphatic carbocycles. The van der Waals surface area contributed by atoms with E-state index in [-0.39, 0.29) is 29.9 Å². The number of hydrogen-bond acceptors (Lipinski definition) is 3. The molecule has 0 bridgehead atoms. The summed E-state index contributed by atoms with van der Waals surface area (Å²) >= 11 is 0. The number of rotatable bonds is 4. The number of nitrogens with zero attached hydrogens (tertiary/aromatic N) is 1. The summed E-state index contributed by atoms with van der Waals surface area (Å²) in [5.41, 5.74) is 3.25. The quantitative estimate of drug-likeness (QED) is 0.885. The van der Waals surface area contributed by atoms with E-state index in [0.717, 1.165) is 24.1 Å². The van der Waals surface area contributed by atoms with Crippen molar-refractivity contribution in [3.8, 4) is 0 Å². The molecule has 0 unspecified atom stereocenters. The third-order valence-corrected chi connectivity index (χ3v) is 4.67. The van der Waals surface area contributed by atoms with Crippen LogP contribution in [0.25, 0.3) is 0 Å². The van der Waals surface area contributed by atoms with Crippen LogP contribution in [0.4, 0.5) is 5.69 Å².